The van der Waals surface area contributed by atoms with Crippen molar-refractivity contribution in [2.45, 2.75) is 39.5 Å². The van der Waals surface area contributed by atoms with Gasteiger partial charge < -0.3 is 0 Å². The van der Waals surface area contributed by atoms with E-state index in [-0.39, 0.29) is 0 Å². The summed E-state index contributed by atoms with van der Waals surface area (Å²) in [5.41, 5.74) is 0. The van der Waals surface area contributed by atoms with Gasteiger partial charge in [0.1, 0.15) is 0 Å². The summed E-state index contributed by atoms with van der Waals surface area (Å²) in [5.74, 6) is 1.54. The van der Waals surface area contributed by atoms with Gasteiger partial charge in [0.2, 0.25) is 0 Å². The predicted octanol–water partition coefficient (Wildman–Crippen LogP) is 3.44. The zero-order valence-electron chi connectivity index (χ0n) is 6.49. The highest BCUT2D eigenvalue weighted by Gasteiger charge is 1.97. The molecule has 1 unspecified atom stereocenters. The second-order valence-electron chi connectivity index (χ2n) is 2.76. The normalized spacial score (nSPS) is 13.7. The van der Waals surface area contributed by atoms with E-state index in [1.807, 2.05) is 0 Å². The highest BCUT2D eigenvalue weighted by molar-refractivity contribution is 6.18. The van der Waals surface area contributed by atoms with Gasteiger partial charge in [-0.05, 0) is 12.3 Å². The Balaban J connectivity index is 2.88. The highest BCUT2D eigenvalue weighted by atomic mass is 35.5. The molecular weight excluding hydrogens is 132 g/mol. The van der Waals surface area contributed by atoms with Gasteiger partial charge >= 0.3 is 0 Å². The molecule has 0 amide bonds. The topological polar surface area (TPSA) is 0 Å². The zero-order chi connectivity index (χ0) is 7.11. The molecule has 0 heterocycles. The molecule has 56 valence electrons. The van der Waals surface area contributed by atoms with Crippen LogP contribution in [-0.4, -0.2) is 5.88 Å². The van der Waals surface area contributed by atoms with Crippen LogP contribution in [0, 0.1) is 5.92 Å². The van der Waals surface area contributed by atoms with Gasteiger partial charge in [0.05, 0.1) is 0 Å². The largest absolute Gasteiger partial charge is 0.126 e. The first-order chi connectivity index (χ1) is 4.31. The maximum Gasteiger partial charge on any atom is 0.0249 e. The molecule has 0 aliphatic rings. The predicted molar refractivity (Wildman–Crippen MR) is 44.0 cm³/mol. The molecule has 0 saturated carbocycles. The molecular formula is C8H17Cl. The first-order valence-corrected chi connectivity index (χ1v) is 4.40. The Labute approximate surface area is 63.6 Å². The van der Waals surface area contributed by atoms with Gasteiger partial charge in [0, 0.05) is 5.88 Å². The summed E-state index contributed by atoms with van der Waals surface area (Å²) >= 11 is 5.63. The molecule has 1 atom stereocenters. The Morgan fingerprint density at radius 3 is 2.44 bits per heavy atom. The lowest BCUT2D eigenvalue weighted by Gasteiger charge is -2.04. The number of unbranched alkanes of at least 4 members (excludes halogenated alkanes) is 2. The van der Waals surface area contributed by atoms with Crippen molar-refractivity contribution in [2.24, 2.45) is 5.92 Å². The van der Waals surface area contributed by atoms with Crippen molar-refractivity contribution in [3.63, 3.8) is 0 Å². The van der Waals surface area contributed by atoms with Crippen LogP contribution in [0.2, 0.25) is 0 Å². The van der Waals surface area contributed by atoms with Crippen LogP contribution in [-0.2, 0) is 0 Å². The highest BCUT2D eigenvalue weighted by Crippen LogP contribution is 2.09. The van der Waals surface area contributed by atoms with E-state index in [9.17, 15) is 0 Å². The van der Waals surface area contributed by atoms with Gasteiger partial charge in [-0.15, -0.1) is 11.6 Å². The fraction of sp³-hybridized carbons (Fsp3) is 1.00. The zero-order valence-corrected chi connectivity index (χ0v) is 7.25. The number of rotatable bonds is 5. The maximum absolute atomic E-state index is 5.63. The average Bonchev–Trinajstić information content (AvgIpc) is 1.89. The minimum atomic E-state index is 0.721. The number of hydrogen-bond acceptors (Lipinski definition) is 0. The Kier molecular flexibility index (Phi) is 6.62. The molecule has 0 aromatic carbocycles. The van der Waals surface area contributed by atoms with Gasteiger partial charge in [-0.25, -0.2) is 0 Å². The Hall–Kier alpha value is 0.290. The Bertz CT molecular complexity index is 52.5. The van der Waals surface area contributed by atoms with Crippen LogP contribution < -0.4 is 0 Å². The van der Waals surface area contributed by atoms with E-state index in [1.165, 1.54) is 25.7 Å². The number of alkyl halides is 1. The summed E-state index contributed by atoms with van der Waals surface area (Å²) in [6.45, 7) is 4.44. The lowest BCUT2D eigenvalue weighted by Crippen LogP contribution is -1.94. The molecule has 0 radical (unpaired) electrons. The molecule has 0 aromatic rings. The number of hydrogen-bond donors (Lipinski definition) is 0. The maximum atomic E-state index is 5.63. The average molecular weight is 149 g/mol. The van der Waals surface area contributed by atoms with E-state index in [0.29, 0.717) is 0 Å². The van der Waals surface area contributed by atoms with Gasteiger partial charge in [-0.3, -0.25) is 0 Å². The first-order valence-electron chi connectivity index (χ1n) is 3.87. The third kappa shape index (κ3) is 6.17. The molecule has 0 spiro atoms. The van der Waals surface area contributed by atoms with Crippen molar-refractivity contribution in [3.05, 3.63) is 0 Å². The molecule has 0 aromatic heterocycles. The second kappa shape index (κ2) is 6.41. The Morgan fingerprint density at radius 1 is 1.33 bits per heavy atom. The van der Waals surface area contributed by atoms with E-state index in [0.717, 1.165) is 11.8 Å². The van der Waals surface area contributed by atoms with Crippen molar-refractivity contribution in [1.82, 2.24) is 0 Å². The van der Waals surface area contributed by atoms with Crippen LogP contribution in [0.5, 0.6) is 0 Å². The summed E-state index contributed by atoms with van der Waals surface area (Å²) in [4.78, 5) is 0. The van der Waals surface area contributed by atoms with Crippen molar-refractivity contribution in [1.29, 1.82) is 0 Å². The van der Waals surface area contributed by atoms with Crippen LogP contribution in [0.3, 0.4) is 0 Å². The van der Waals surface area contributed by atoms with Crippen molar-refractivity contribution < 1.29 is 0 Å². The van der Waals surface area contributed by atoms with Gasteiger partial charge in [0.25, 0.3) is 0 Å². The van der Waals surface area contributed by atoms with Gasteiger partial charge in [0.15, 0.2) is 0 Å². The molecule has 0 aliphatic heterocycles. The van der Waals surface area contributed by atoms with Crippen LogP contribution in [0.4, 0.5) is 0 Å². The van der Waals surface area contributed by atoms with Crippen molar-refractivity contribution >= 4 is 11.6 Å². The summed E-state index contributed by atoms with van der Waals surface area (Å²) < 4.78 is 0. The quantitative estimate of drug-likeness (QED) is 0.414. The third-order valence-corrected chi connectivity index (χ3v) is 2.09. The summed E-state index contributed by atoms with van der Waals surface area (Å²) in [5, 5.41) is 0. The molecule has 0 bridgehead atoms. The van der Waals surface area contributed by atoms with E-state index < -0.39 is 0 Å². The van der Waals surface area contributed by atoms with E-state index in [1.54, 1.807) is 0 Å². The fourth-order valence-corrected chi connectivity index (χ4v) is 0.974. The molecule has 0 rings (SSSR count). The SMILES string of the molecule is CCCCCC(C)CCl. The van der Waals surface area contributed by atoms with E-state index >= 15 is 0 Å². The van der Waals surface area contributed by atoms with E-state index in [4.69, 9.17) is 11.6 Å². The summed E-state index contributed by atoms with van der Waals surface area (Å²) in [6, 6.07) is 0. The fourth-order valence-electron chi connectivity index (χ4n) is 0.820. The minimum Gasteiger partial charge on any atom is -0.126 e. The third-order valence-electron chi connectivity index (χ3n) is 1.56. The molecule has 1 heteroatoms. The van der Waals surface area contributed by atoms with Crippen LogP contribution >= 0.6 is 11.6 Å². The number of halogens is 1. The van der Waals surface area contributed by atoms with E-state index in [2.05, 4.69) is 13.8 Å². The molecule has 0 aliphatic carbocycles. The van der Waals surface area contributed by atoms with Crippen LogP contribution in [0.1, 0.15) is 39.5 Å². The second-order valence-corrected chi connectivity index (χ2v) is 3.06. The smallest absolute Gasteiger partial charge is 0.0249 e. The molecule has 0 saturated heterocycles. The van der Waals surface area contributed by atoms with Crippen LogP contribution in [0.25, 0.3) is 0 Å². The van der Waals surface area contributed by atoms with Gasteiger partial charge in [-0.2, -0.15) is 0 Å². The van der Waals surface area contributed by atoms with Gasteiger partial charge in [-0.1, -0.05) is 33.1 Å². The first kappa shape index (κ1) is 9.29. The minimum absolute atomic E-state index is 0.721. The molecule has 0 N–H and O–H groups in total. The molecule has 0 nitrogen and oxygen atoms in total. The Morgan fingerprint density at radius 2 is 2.00 bits per heavy atom. The van der Waals surface area contributed by atoms with Crippen LogP contribution in [0.15, 0.2) is 0 Å². The lowest BCUT2D eigenvalue weighted by atomic mass is 10.1. The lowest BCUT2D eigenvalue weighted by molar-refractivity contribution is 0.539. The monoisotopic (exact) mass is 148 g/mol. The van der Waals surface area contributed by atoms with Crippen molar-refractivity contribution in [3.8, 4) is 0 Å². The standard InChI is InChI=1S/C8H17Cl/c1-3-4-5-6-8(2)7-9/h8H,3-7H2,1-2H3. The molecule has 9 heavy (non-hydrogen) atoms. The summed E-state index contributed by atoms with van der Waals surface area (Å²) in [7, 11) is 0. The summed E-state index contributed by atoms with van der Waals surface area (Å²) in [6.07, 6.45) is 5.33. The molecule has 0 fully saturated rings. The van der Waals surface area contributed by atoms with Crippen molar-refractivity contribution in [2.75, 3.05) is 5.88 Å².